The first-order chi connectivity index (χ1) is 8.56. The lowest BCUT2D eigenvalue weighted by molar-refractivity contribution is 0.299. The minimum absolute atomic E-state index is 0.329. The highest BCUT2D eigenvalue weighted by Gasteiger charge is 2.12. The molecule has 0 fully saturated rings. The van der Waals surface area contributed by atoms with Gasteiger partial charge in [-0.1, -0.05) is 17.3 Å². The minimum atomic E-state index is -1.46. The molecule has 0 saturated carbocycles. The number of rotatable bonds is 4. The first-order valence-corrected chi connectivity index (χ1v) is 5.51. The van der Waals surface area contributed by atoms with E-state index in [1.54, 1.807) is 36.1 Å². The third-order valence-electron chi connectivity index (χ3n) is 2.52. The molecule has 2 rings (SSSR count). The summed E-state index contributed by atoms with van der Waals surface area (Å²) >= 11 is 0. The highest BCUT2D eigenvalue weighted by molar-refractivity contribution is 6.58. The van der Waals surface area contributed by atoms with E-state index in [4.69, 9.17) is 14.8 Å². The molecule has 0 amide bonds. The van der Waals surface area contributed by atoms with Crippen LogP contribution >= 0.6 is 0 Å². The van der Waals surface area contributed by atoms with Crippen LogP contribution in [0.2, 0.25) is 0 Å². The van der Waals surface area contributed by atoms with E-state index in [1.165, 1.54) is 0 Å². The molecule has 0 unspecified atom stereocenters. The molecule has 0 aliphatic heterocycles. The number of hydrogen-bond donors (Lipinski definition) is 2. The van der Waals surface area contributed by atoms with Crippen LogP contribution in [-0.4, -0.2) is 32.2 Å². The largest absolute Gasteiger partial charge is 0.488 e. The van der Waals surface area contributed by atoms with E-state index >= 15 is 0 Å². The number of ether oxygens (including phenoxy) is 1. The molecule has 2 aromatic rings. The molecule has 94 valence electrons. The quantitative estimate of drug-likeness (QED) is 0.704. The number of nitrogens with zero attached hydrogens (tertiary/aromatic N) is 3. The maximum absolute atomic E-state index is 9.04. The monoisotopic (exact) mass is 247 g/mol. The van der Waals surface area contributed by atoms with Crippen LogP contribution in [0.25, 0.3) is 0 Å². The molecule has 0 aliphatic rings. The third kappa shape index (κ3) is 2.88. The van der Waals surface area contributed by atoms with Crippen molar-refractivity contribution in [2.75, 3.05) is 0 Å². The summed E-state index contributed by atoms with van der Waals surface area (Å²) in [4.78, 5) is 0. The average Bonchev–Trinajstić information content (AvgIpc) is 2.73. The normalized spacial score (nSPS) is 10.4. The Morgan fingerprint density at radius 1 is 1.39 bits per heavy atom. The molecule has 0 bridgehead atoms. The number of hydrogen-bond acceptors (Lipinski definition) is 5. The first kappa shape index (κ1) is 12.6. The van der Waals surface area contributed by atoms with Crippen molar-refractivity contribution < 1.29 is 14.8 Å². The van der Waals surface area contributed by atoms with Gasteiger partial charge in [0, 0.05) is 7.05 Å². The lowest BCUT2D eigenvalue weighted by atomic mass is 9.79. The van der Waals surface area contributed by atoms with Crippen molar-refractivity contribution in [3.05, 3.63) is 35.7 Å². The Morgan fingerprint density at radius 2 is 2.17 bits per heavy atom. The fourth-order valence-corrected chi connectivity index (χ4v) is 1.61. The van der Waals surface area contributed by atoms with Gasteiger partial charge in [-0.3, -0.25) is 4.68 Å². The smallest absolute Gasteiger partial charge is 0.487 e. The summed E-state index contributed by atoms with van der Waals surface area (Å²) in [5, 5.41) is 25.8. The molecule has 1 aromatic carbocycles. The van der Waals surface area contributed by atoms with Crippen molar-refractivity contribution in [3.8, 4) is 5.75 Å². The summed E-state index contributed by atoms with van der Waals surface area (Å²) in [6, 6.07) is 5.00. The predicted octanol–water partition coefficient (Wildman–Crippen LogP) is -0.618. The van der Waals surface area contributed by atoms with Crippen LogP contribution in [0.4, 0.5) is 0 Å². The van der Waals surface area contributed by atoms with Gasteiger partial charge in [-0.25, -0.2) is 0 Å². The Bertz CT molecular complexity index is 542. The van der Waals surface area contributed by atoms with Crippen LogP contribution in [0.3, 0.4) is 0 Å². The minimum Gasteiger partial charge on any atom is -0.487 e. The lowest BCUT2D eigenvalue weighted by Gasteiger charge is -2.09. The number of benzene rings is 1. The molecule has 0 radical (unpaired) electrons. The number of aryl methyl sites for hydroxylation is 2. The van der Waals surface area contributed by atoms with Crippen LogP contribution in [0, 0.1) is 6.92 Å². The maximum Gasteiger partial charge on any atom is 0.488 e. The Morgan fingerprint density at radius 3 is 2.72 bits per heavy atom. The molecular formula is C11H14BN3O3. The summed E-state index contributed by atoms with van der Waals surface area (Å²) in [5.74, 6) is 0.685. The van der Waals surface area contributed by atoms with Gasteiger partial charge in [0.25, 0.3) is 0 Å². The topological polar surface area (TPSA) is 80.4 Å². The van der Waals surface area contributed by atoms with Gasteiger partial charge in [-0.15, -0.1) is 5.10 Å². The van der Waals surface area contributed by atoms with Crippen molar-refractivity contribution >= 4 is 12.6 Å². The Hall–Kier alpha value is -1.86. The zero-order valence-electron chi connectivity index (χ0n) is 10.2. The van der Waals surface area contributed by atoms with Gasteiger partial charge in [-0.2, -0.15) is 0 Å². The van der Waals surface area contributed by atoms with Gasteiger partial charge in [0.1, 0.15) is 18.1 Å². The molecule has 18 heavy (non-hydrogen) atoms. The second kappa shape index (κ2) is 5.20. The summed E-state index contributed by atoms with van der Waals surface area (Å²) in [6.45, 7) is 2.17. The fourth-order valence-electron chi connectivity index (χ4n) is 1.61. The predicted molar refractivity (Wildman–Crippen MR) is 66.3 cm³/mol. The van der Waals surface area contributed by atoms with Crippen LogP contribution in [0.5, 0.6) is 5.75 Å². The third-order valence-corrected chi connectivity index (χ3v) is 2.52. The van der Waals surface area contributed by atoms with E-state index < -0.39 is 7.12 Å². The van der Waals surface area contributed by atoms with Gasteiger partial charge >= 0.3 is 7.12 Å². The van der Waals surface area contributed by atoms with E-state index in [1.807, 2.05) is 6.92 Å². The van der Waals surface area contributed by atoms with Crippen LogP contribution in [-0.2, 0) is 13.7 Å². The molecule has 1 heterocycles. The van der Waals surface area contributed by atoms with E-state index in [0.29, 0.717) is 17.8 Å². The second-order valence-electron chi connectivity index (χ2n) is 4.07. The molecule has 1 aromatic heterocycles. The molecule has 0 atom stereocenters. The van der Waals surface area contributed by atoms with Crippen LogP contribution < -0.4 is 10.2 Å². The highest BCUT2D eigenvalue weighted by Crippen LogP contribution is 2.16. The standard InChI is InChI=1S/C11H14BN3O3/c1-8-5-9(12(16)17)3-4-11(8)18-7-10-6-15(2)14-13-10/h3-6,16-17H,7H2,1-2H3. The zero-order valence-corrected chi connectivity index (χ0v) is 10.2. The van der Waals surface area contributed by atoms with Crippen molar-refractivity contribution in [2.24, 2.45) is 7.05 Å². The Balaban J connectivity index is 2.05. The van der Waals surface area contributed by atoms with Crippen molar-refractivity contribution in [1.29, 1.82) is 0 Å². The molecule has 0 saturated heterocycles. The lowest BCUT2D eigenvalue weighted by Crippen LogP contribution is -2.29. The summed E-state index contributed by atoms with van der Waals surface area (Å²) in [6.07, 6.45) is 1.78. The van der Waals surface area contributed by atoms with E-state index in [2.05, 4.69) is 10.3 Å². The molecule has 6 nitrogen and oxygen atoms in total. The summed E-state index contributed by atoms with van der Waals surface area (Å²) in [7, 11) is 0.330. The second-order valence-corrected chi connectivity index (χ2v) is 4.07. The fraction of sp³-hybridized carbons (Fsp3) is 0.273. The Kier molecular flexibility index (Phi) is 3.64. The van der Waals surface area contributed by atoms with Gasteiger partial charge < -0.3 is 14.8 Å². The van der Waals surface area contributed by atoms with Crippen molar-refractivity contribution in [1.82, 2.24) is 15.0 Å². The van der Waals surface area contributed by atoms with Crippen LogP contribution in [0.15, 0.2) is 24.4 Å². The van der Waals surface area contributed by atoms with Gasteiger partial charge in [-0.05, 0) is 24.0 Å². The molecule has 0 aliphatic carbocycles. The Labute approximate surface area is 105 Å². The molecule has 2 N–H and O–H groups in total. The zero-order chi connectivity index (χ0) is 13.1. The summed E-state index contributed by atoms with van der Waals surface area (Å²) < 4.78 is 7.20. The first-order valence-electron chi connectivity index (χ1n) is 5.51. The van der Waals surface area contributed by atoms with Gasteiger partial charge in [0.15, 0.2) is 0 Å². The SMILES string of the molecule is Cc1cc(B(O)O)ccc1OCc1cn(C)nn1. The van der Waals surface area contributed by atoms with Gasteiger partial charge in [0.2, 0.25) is 0 Å². The van der Waals surface area contributed by atoms with E-state index in [-0.39, 0.29) is 0 Å². The summed E-state index contributed by atoms with van der Waals surface area (Å²) in [5.41, 5.74) is 2.02. The molecular weight excluding hydrogens is 233 g/mol. The molecule has 0 spiro atoms. The van der Waals surface area contributed by atoms with Gasteiger partial charge in [0.05, 0.1) is 6.20 Å². The van der Waals surface area contributed by atoms with E-state index in [9.17, 15) is 0 Å². The van der Waals surface area contributed by atoms with Crippen LogP contribution in [0.1, 0.15) is 11.3 Å². The molecule has 7 heteroatoms. The van der Waals surface area contributed by atoms with Crippen molar-refractivity contribution in [2.45, 2.75) is 13.5 Å². The average molecular weight is 247 g/mol. The highest BCUT2D eigenvalue weighted by atomic mass is 16.5. The van der Waals surface area contributed by atoms with E-state index in [0.717, 1.165) is 11.3 Å². The maximum atomic E-state index is 9.04. The van der Waals surface area contributed by atoms with Crippen molar-refractivity contribution in [3.63, 3.8) is 0 Å². The number of aromatic nitrogens is 3.